The van der Waals surface area contributed by atoms with Gasteiger partial charge in [0.15, 0.2) is 0 Å². The standard InChI is InChI=1S/C10H15NO/c1-3-11-8-9-4-6-10(12-2)7-5-9/h3-6,10-11H,1,7-8H2,2H3. The Morgan fingerprint density at radius 2 is 2.67 bits per heavy atom. The van der Waals surface area contributed by atoms with Crippen molar-refractivity contribution in [2.24, 2.45) is 0 Å². The molecule has 0 heterocycles. The van der Waals surface area contributed by atoms with Crippen LogP contribution in [0.15, 0.2) is 36.6 Å². The fourth-order valence-electron chi connectivity index (χ4n) is 1.14. The van der Waals surface area contributed by atoms with Gasteiger partial charge in [-0.25, -0.2) is 0 Å². The van der Waals surface area contributed by atoms with Crippen LogP contribution in [-0.2, 0) is 4.74 Å². The molecule has 0 radical (unpaired) electrons. The Kier molecular flexibility index (Phi) is 3.61. The van der Waals surface area contributed by atoms with Crippen molar-refractivity contribution in [1.82, 2.24) is 5.32 Å². The molecule has 66 valence electrons. The van der Waals surface area contributed by atoms with Crippen molar-refractivity contribution in [1.29, 1.82) is 0 Å². The summed E-state index contributed by atoms with van der Waals surface area (Å²) in [5.74, 6) is 0. The van der Waals surface area contributed by atoms with Crippen LogP contribution in [-0.4, -0.2) is 19.8 Å². The molecule has 2 heteroatoms. The van der Waals surface area contributed by atoms with Gasteiger partial charge in [-0.05, 0) is 18.2 Å². The summed E-state index contributed by atoms with van der Waals surface area (Å²) in [5, 5.41) is 3.05. The van der Waals surface area contributed by atoms with Crippen molar-refractivity contribution < 1.29 is 4.74 Å². The summed E-state index contributed by atoms with van der Waals surface area (Å²) in [4.78, 5) is 0. The molecule has 1 aliphatic rings. The van der Waals surface area contributed by atoms with Crippen LogP contribution in [0.5, 0.6) is 0 Å². The molecule has 0 aliphatic heterocycles. The van der Waals surface area contributed by atoms with Crippen LogP contribution in [0.25, 0.3) is 0 Å². The van der Waals surface area contributed by atoms with Gasteiger partial charge in [0.1, 0.15) is 0 Å². The third kappa shape index (κ3) is 2.55. The first-order valence-electron chi connectivity index (χ1n) is 4.11. The van der Waals surface area contributed by atoms with Crippen LogP contribution in [0.3, 0.4) is 0 Å². The van der Waals surface area contributed by atoms with E-state index in [0.717, 1.165) is 13.0 Å². The Morgan fingerprint density at radius 1 is 1.83 bits per heavy atom. The minimum atomic E-state index is 0.262. The molecule has 0 spiro atoms. The Hall–Kier alpha value is -1.02. The molecule has 0 aromatic rings. The van der Waals surface area contributed by atoms with Gasteiger partial charge in [0.25, 0.3) is 0 Å². The second-order valence-corrected chi connectivity index (χ2v) is 2.73. The summed E-state index contributed by atoms with van der Waals surface area (Å²) in [6, 6.07) is 0. The lowest BCUT2D eigenvalue weighted by atomic mass is 10.1. The molecular weight excluding hydrogens is 150 g/mol. The largest absolute Gasteiger partial charge is 0.387 e. The lowest BCUT2D eigenvalue weighted by molar-refractivity contribution is 0.142. The van der Waals surface area contributed by atoms with Crippen molar-refractivity contribution in [3.05, 3.63) is 36.6 Å². The minimum Gasteiger partial charge on any atom is -0.387 e. The van der Waals surface area contributed by atoms with E-state index in [1.165, 1.54) is 5.57 Å². The average Bonchev–Trinajstić information content (AvgIpc) is 2.15. The topological polar surface area (TPSA) is 21.3 Å². The van der Waals surface area contributed by atoms with Gasteiger partial charge in [0.2, 0.25) is 0 Å². The van der Waals surface area contributed by atoms with E-state index >= 15 is 0 Å². The number of ether oxygens (including phenoxy) is 1. The normalized spacial score (nSPS) is 21.8. The van der Waals surface area contributed by atoms with E-state index in [9.17, 15) is 0 Å². The van der Waals surface area contributed by atoms with Gasteiger partial charge in [-0.1, -0.05) is 24.8 Å². The molecule has 1 atom stereocenters. The molecule has 0 aromatic heterocycles. The zero-order chi connectivity index (χ0) is 8.81. The average molecular weight is 165 g/mol. The summed E-state index contributed by atoms with van der Waals surface area (Å²) < 4.78 is 5.17. The van der Waals surface area contributed by atoms with E-state index in [2.05, 4.69) is 30.1 Å². The fraction of sp³-hybridized carbons (Fsp3) is 0.400. The zero-order valence-corrected chi connectivity index (χ0v) is 7.42. The van der Waals surface area contributed by atoms with Crippen LogP contribution >= 0.6 is 0 Å². The van der Waals surface area contributed by atoms with Gasteiger partial charge in [-0.2, -0.15) is 0 Å². The van der Waals surface area contributed by atoms with Gasteiger partial charge >= 0.3 is 0 Å². The molecule has 0 saturated carbocycles. The molecule has 2 nitrogen and oxygen atoms in total. The van der Waals surface area contributed by atoms with E-state index < -0.39 is 0 Å². The van der Waals surface area contributed by atoms with Gasteiger partial charge in [-0.3, -0.25) is 0 Å². The number of hydrogen-bond acceptors (Lipinski definition) is 2. The van der Waals surface area contributed by atoms with Crippen LogP contribution in [0, 0.1) is 0 Å². The smallest absolute Gasteiger partial charge is 0.0789 e. The first-order valence-corrected chi connectivity index (χ1v) is 4.11. The van der Waals surface area contributed by atoms with Crippen molar-refractivity contribution in [2.75, 3.05) is 13.7 Å². The monoisotopic (exact) mass is 165 g/mol. The van der Waals surface area contributed by atoms with E-state index in [-0.39, 0.29) is 6.10 Å². The Morgan fingerprint density at radius 3 is 3.17 bits per heavy atom. The predicted molar refractivity (Wildman–Crippen MR) is 50.8 cm³/mol. The Bertz CT molecular complexity index is 206. The van der Waals surface area contributed by atoms with E-state index in [1.54, 1.807) is 13.3 Å². The van der Waals surface area contributed by atoms with Crippen LogP contribution in [0.4, 0.5) is 0 Å². The molecule has 1 rings (SSSR count). The number of nitrogens with one attached hydrogen (secondary N) is 1. The molecule has 1 aliphatic carbocycles. The predicted octanol–water partition coefficient (Wildman–Crippen LogP) is 1.62. The highest BCUT2D eigenvalue weighted by Crippen LogP contribution is 2.11. The Labute approximate surface area is 73.6 Å². The number of methoxy groups -OCH3 is 1. The zero-order valence-electron chi connectivity index (χ0n) is 7.42. The third-order valence-corrected chi connectivity index (χ3v) is 1.89. The van der Waals surface area contributed by atoms with Gasteiger partial charge in [0.05, 0.1) is 6.10 Å². The Balaban J connectivity index is 2.35. The SMILES string of the molecule is C=CNCC1=CCC(OC)C=C1. The van der Waals surface area contributed by atoms with E-state index in [0.29, 0.717) is 0 Å². The minimum absolute atomic E-state index is 0.262. The number of rotatable bonds is 4. The van der Waals surface area contributed by atoms with E-state index in [4.69, 9.17) is 4.74 Å². The molecule has 1 N–H and O–H groups in total. The van der Waals surface area contributed by atoms with Crippen LogP contribution < -0.4 is 5.32 Å². The molecule has 1 unspecified atom stereocenters. The second-order valence-electron chi connectivity index (χ2n) is 2.73. The lowest BCUT2D eigenvalue weighted by Gasteiger charge is -2.14. The van der Waals surface area contributed by atoms with Crippen LogP contribution in [0.2, 0.25) is 0 Å². The maximum absolute atomic E-state index is 5.17. The van der Waals surface area contributed by atoms with Gasteiger partial charge in [-0.15, -0.1) is 0 Å². The molecule has 0 aromatic carbocycles. The molecule has 12 heavy (non-hydrogen) atoms. The van der Waals surface area contributed by atoms with Crippen molar-refractivity contribution in [3.8, 4) is 0 Å². The maximum Gasteiger partial charge on any atom is 0.0789 e. The third-order valence-electron chi connectivity index (χ3n) is 1.89. The highest BCUT2D eigenvalue weighted by atomic mass is 16.5. The van der Waals surface area contributed by atoms with Gasteiger partial charge in [0, 0.05) is 13.7 Å². The number of hydrogen-bond donors (Lipinski definition) is 1. The first-order chi connectivity index (χ1) is 5.86. The molecule has 0 fully saturated rings. The molecule has 0 bridgehead atoms. The molecule has 0 saturated heterocycles. The summed E-state index contributed by atoms with van der Waals surface area (Å²) in [6.45, 7) is 4.45. The van der Waals surface area contributed by atoms with Crippen molar-refractivity contribution in [3.63, 3.8) is 0 Å². The van der Waals surface area contributed by atoms with Crippen molar-refractivity contribution in [2.45, 2.75) is 12.5 Å². The lowest BCUT2D eigenvalue weighted by Crippen LogP contribution is -2.13. The van der Waals surface area contributed by atoms with E-state index in [1.807, 2.05) is 0 Å². The molecule has 0 amide bonds. The summed E-state index contributed by atoms with van der Waals surface area (Å²) >= 11 is 0. The first kappa shape index (κ1) is 9.07. The fourth-order valence-corrected chi connectivity index (χ4v) is 1.14. The highest BCUT2D eigenvalue weighted by Gasteiger charge is 2.05. The summed E-state index contributed by atoms with van der Waals surface area (Å²) in [6.07, 6.45) is 9.30. The highest BCUT2D eigenvalue weighted by molar-refractivity contribution is 5.25. The second kappa shape index (κ2) is 4.78. The quantitative estimate of drug-likeness (QED) is 0.683. The maximum atomic E-state index is 5.17. The summed E-state index contributed by atoms with van der Waals surface area (Å²) in [7, 11) is 1.73. The summed E-state index contributed by atoms with van der Waals surface area (Å²) in [5.41, 5.74) is 1.29. The van der Waals surface area contributed by atoms with Crippen molar-refractivity contribution >= 4 is 0 Å². The van der Waals surface area contributed by atoms with Gasteiger partial charge < -0.3 is 10.1 Å². The van der Waals surface area contributed by atoms with Crippen LogP contribution in [0.1, 0.15) is 6.42 Å². The molecular formula is C10H15NO.